The van der Waals surface area contributed by atoms with Gasteiger partial charge in [0.15, 0.2) is 0 Å². The zero-order valence-corrected chi connectivity index (χ0v) is 13.8. The number of pyridine rings is 1. The lowest BCUT2D eigenvalue weighted by Crippen LogP contribution is -2.37. The van der Waals surface area contributed by atoms with E-state index in [0.29, 0.717) is 0 Å². The molecule has 0 bridgehead atoms. The van der Waals surface area contributed by atoms with Crippen LogP contribution >= 0.6 is 0 Å². The predicted molar refractivity (Wildman–Crippen MR) is 89.0 cm³/mol. The molecule has 22 heavy (non-hydrogen) atoms. The van der Waals surface area contributed by atoms with Crippen LogP contribution in [0.25, 0.3) is 0 Å². The Morgan fingerprint density at radius 3 is 2.55 bits per heavy atom. The number of aryl methyl sites for hydroxylation is 1. The van der Waals surface area contributed by atoms with Crippen LogP contribution in [0.1, 0.15) is 62.6 Å². The Morgan fingerprint density at radius 1 is 1.14 bits per heavy atom. The summed E-state index contributed by atoms with van der Waals surface area (Å²) in [7, 11) is 0. The Labute approximate surface area is 133 Å². The van der Waals surface area contributed by atoms with Crippen LogP contribution in [0.2, 0.25) is 0 Å². The number of piperidine rings is 2. The zero-order chi connectivity index (χ0) is 15.5. The maximum absolute atomic E-state index is 11.9. The molecule has 2 aliphatic heterocycles. The van der Waals surface area contributed by atoms with Crippen LogP contribution in [0.15, 0.2) is 12.3 Å². The van der Waals surface area contributed by atoms with Gasteiger partial charge in [-0.2, -0.15) is 0 Å². The number of carbonyl (C=O) groups is 1. The average molecular weight is 301 g/mol. The molecule has 0 N–H and O–H groups in total. The lowest BCUT2D eigenvalue weighted by Gasteiger charge is -2.36. The van der Waals surface area contributed by atoms with Gasteiger partial charge in [0.2, 0.25) is 5.91 Å². The molecule has 3 heterocycles. The summed E-state index contributed by atoms with van der Waals surface area (Å²) in [6.45, 7) is 6.97. The smallest absolute Gasteiger partial charge is 0.219 e. The van der Waals surface area contributed by atoms with Gasteiger partial charge < -0.3 is 9.80 Å². The maximum Gasteiger partial charge on any atom is 0.219 e. The van der Waals surface area contributed by atoms with Crippen LogP contribution < -0.4 is 4.90 Å². The first-order valence-corrected chi connectivity index (χ1v) is 8.65. The highest BCUT2D eigenvalue weighted by Crippen LogP contribution is 2.33. The van der Waals surface area contributed by atoms with Crippen molar-refractivity contribution in [1.82, 2.24) is 9.88 Å². The number of carbonyl (C=O) groups excluding carboxylic acids is 1. The van der Waals surface area contributed by atoms with E-state index in [9.17, 15) is 4.79 Å². The Hall–Kier alpha value is -1.58. The SMILES string of the molecule is CC(=O)N1CCCC[C@H]1c1cnc(N2CCCCC2)cc1C. The van der Waals surface area contributed by atoms with E-state index in [1.165, 1.54) is 36.8 Å². The third-order valence-corrected chi connectivity index (χ3v) is 5.08. The fourth-order valence-corrected chi connectivity index (χ4v) is 3.83. The molecule has 3 rings (SSSR count). The quantitative estimate of drug-likeness (QED) is 0.839. The van der Waals surface area contributed by atoms with Gasteiger partial charge in [-0.05, 0) is 62.6 Å². The number of aromatic nitrogens is 1. The Balaban J connectivity index is 1.83. The first-order valence-electron chi connectivity index (χ1n) is 8.65. The highest BCUT2D eigenvalue weighted by atomic mass is 16.2. The number of rotatable bonds is 2. The molecule has 4 heteroatoms. The van der Waals surface area contributed by atoms with Crippen LogP contribution in [0.3, 0.4) is 0 Å². The first kappa shape index (κ1) is 15.3. The van der Waals surface area contributed by atoms with Crippen LogP contribution in [-0.4, -0.2) is 35.4 Å². The number of hydrogen-bond donors (Lipinski definition) is 0. The third kappa shape index (κ3) is 3.11. The molecule has 1 atom stereocenters. The number of anilines is 1. The van der Waals surface area contributed by atoms with E-state index in [4.69, 9.17) is 4.98 Å². The minimum absolute atomic E-state index is 0.184. The Bertz CT molecular complexity index is 537. The summed E-state index contributed by atoms with van der Waals surface area (Å²) in [4.78, 5) is 21.0. The lowest BCUT2D eigenvalue weighted by atomic mass is 9.93. The number of hydrogen-bond acceptors (Lipinski definition) is 3. The van der Waals surface area contributed by atoms with E-state index in [0.717, 1.165) is 38.3 Å². The molecule has 0 aliphatic carbocycles. The van der Waals surface area contributed by atoms with Crippen LogP contribution in [0.4, 0.5) is 5.82 Å². The standard InChI is InChI=1S/C18H27N3O/c1-14-12-18(20-9-5-3-6-10-20)19-13-16(14)17-8-4-7-11-21(17)15(2)22/h12-13,17H,3-11H2,1-2H3/t17-/m0/s1. The summed E-state index contributed by atoms with van der Waals surface area (Å²) in [6, 6.07) is 2.43. The van der Waals surface area contributed by atoms with Gasteiger partial charge in [0.25, 0.3) is 0 Å². The van der Waals surface area contributed by atoms with E-state index in [1.54, 1.807) is 6.92 Å². The Kier molecular flexibility index (Phi) is 4.65. The molecule has 2 saturated heterocycles. The van der Waals surface area contributed by atoms with Gasteiger partial charge in [-0.25, -0.2) is 4.98 Å². The zero-order valence-electron chi connectivity index (χ0n) is 13.8. The fraction of sp³-hybridized carbons (Fsp3) is 0.667. The summed E-state index contributed by atoms with van der Waals surface area (Å²) in [5.74, 6) is 1.29. The van der Waals surface area contributed by atoms with E-state index in [1.807, 2.05) is 11.1 Å². The number of nitrogens with zero attached hydrogens (tertiary/aromatic N) is 3. The molecule has 0 spiro atoms. The van der Waals surface area contributed by atoms with Gasteiger partial charge in [0.1, 0.15) is 5.82 Å². The average Bonchev–Trinajstić information content (AvgIpc) is 2.55. The van der Waals surface area contributed by atoms with Gasteiger partial charge in [0.05, 0.1) is 6.04 Å². The first-order chi connectivity index (χ1) is 10.7. The van der Waals surface area contributed by atoms with Gasteiger partial charge in [-0.15, -0.1) is 0 Å². The summed E-state index contributed by atoms with van der Waals surface area (Å²) < 4.78 is 0. The summed E-state index contributed by atoms with van der Waals surface area (Å²) >= 11 is 0. The van der Waals surface area contributed by atoms with Crippen molar-refractivity contribution < 1.29 is 4.79 Å². The molecule has 0 radical (unpaired) electrons. The van der Waals surface area contributed by atoms with E-state index >= 15 is 0 Å². The van der Waals surface area contributed by atoms with E-state index in [2.05, 4.69) is 17.9 Å². The highest BCUT2D eigenvalue weighted by molar-refractivity contribution is 5.74. The molecule has 1 aromatic heterocycles. The van der Waals surface area contributed by atoms with Crippen molar-refractivity contribution in [2.45, 2.75) is 58.4 Å². The van der Waals surface area contributed by atoms with Crippen molar-refractivity contribution in [3.8, 4) is 0 Å². The predicted octanol–water partition coefficient (Wildman–Crippen LogP) is 3.45. The molecular weight excluding hydrogens is 274 g/mol. The van der Waals surface area contributed by atoms with Gasteiger partial charge in [0, 0.05) is 32.8 Å². The monoisotopic (exact) mass is 301 g/mol. The molecule has 0 saturated carbocycles. The lowest BCUT2D eigenvalue weighted by molar-refractivity contribution is -0.132. The normalized spacial score (nSPS) is 22.7. The molecule has 1 amide bonds. The van der Waals surface area contributed by atoms with E-state index in [-0.39, 0.29) is 11.9 Å². The summed E-state index contributed by atoms with van der Waals surface area (Å²) in [5, 5.41) is 0. The van der Waals surface area contributed by atoms with Gasteiger partial charge >= 0.3 is 0 Å². The second-order valence-corrected chi connectivity index (χ2v) is 6.67. The van der Waals surface area contributed by atoms with Crippen molar-refractivity contribution in [1.29, 1.82) is 0 Å². The molecule has 0 unspecified atom stereocenters. The fourth-order valence-electron chi connectivity index (χ4n) is 3.83. The second kappa shape index (κ2) is 6.67. The van der Waals surface area contributed by atoms with Crippen LogP contribution in [-0.2, 0) is 4.79 Å². The second-order valence-electron chi connectivity index (χ2n) is 6.67. The molecule has 2 fully saturated rings. The molecule has 120 valence electrons. The van der Waals surface area contributed by atoms with Crippen molar-refractivity contribution in [2.75, 3.05) is 24.5 Å². The van der Waals surface area contributed by atoms with Crippen molar-refractivity contribution in [2.24, 2.45) is 0 Å². The molecular formula is C18H27N3O. The van der Waals surface area contributed by atoms with Crippen LogP contribution in [0.5, 0.6) is 0 Å². The summed E-state index contributed by atoms with van der Waals surface area (Å²) in [5.41, 5.74) is 2.50. The van der Waals surface area contributed by atoms with E-state index < -0.39 is 0 Å². The topological polar surface area (TPSA) is 36.4 Å². The van der Waals surface area contributed by atoms with Crippen LogP contribution in [0, 0.1) is 6.92 Å². The molecule has 2 aliphatic rings. The van der Waals surface area contributed by atoms with Crippen molar-refractivity contribution in [3.63, 3.8) is 0 Å². The van der Waals surface area contributed by atoms with Crippen molar-refractivity contribution in [3.05, 3.63) is 23.4 Å². The van der Waals surface area contributed by atoms with Gasteiger partial charge in [-0.3, -0.25) is 4.79 Å². The maximum atomic E-state index is 11.9. The van der Waals surface area contributed by atoms with Crippen molar-refractivity contribution >= 4 is 11.7 Å². The minimum atomic E-state index is 0.184. The minimum Gasteiger partial charge on any atom is -0.357 e. The molecule has 1 aromatic rings. The van der Waals surface area contributed by atoms with Gasteiger partial charge in [-0.1, -0.05) is 0 Å². The number of amides is 1. The largest absolute Gasteiger partial charge is 0.357 e. The summed E-state index contributed by atoms with van der Waals surface area (Å²) in [6.07, 6.45) is 9.27. The molecule has 0 aromatic carbocycles. The highest BCUT2D eigenvalue weighted by Gasteiger charge is 2.27. The Morgan fingerprint density at radius 2 is 1.86 bits per heavy atom. The molecule has 4 nitrogen and oxygen atoms in total. The third-order valence-electron chi connectivity index (χ3n) is 5.08. The number of likely N-dealkylation sites (tertiary alicyclic amines) is 1.